The van der Waals surface area contributed by atoms with Crippen LogP contribution in [-0.4, -0.2) is 18.6 Å². The number of rotatable bonds is 2. The van der Waals surface area contributed by atoms with Gasteiger partial charge in [0.2, 0.25) is 0 Å². The first-order valence-corrected chi connectivity index (χ1v) is 7.44. The second-order valence-corrected chi connectivity index (χ2v) is 5.59. The summed E-state index contributed by atoms with van der Waals surface area (Å²) in [5.41, 5.74) is 4.05. The summed E-state index contributed by atoms with van der Waals surface area (Å²) in [6, 6.07) is 12.8. The maximum absolute atomic E-state index is 14.2. The predicted molar refractivity (Wildman–Crippen MR) is 84.8 cm³/mol. The molecule has 0 bridgehead atoms. The lowest BCUT2D eigenvalue weighted by Crippen LogP contribution is -2.31. The molecule has 0 aliphatic carbocycles. The number of H-pyrrole nitrogens is 1. The number of methoxy groups -OCH3 is 1. The van der Waals surface area contributed by atoms with Crippen molar-refractivity contribution in [2.45, 2.75) is 12.5 Å². The van der Waals surface area contributed by atoms with E-state index in [1.807, 2.05) is 30.3 Å². The second-order valence-electron chi connectivity index (χ2n) is 5.59. The highest BCUT2D eigenvalue weighted by molar-refractivity contribution is 5.86. The predicted octanol–water partition coefficient (Wildman–Crippen LogP) is 3.55. The SMILES string of the molecule is COc1ccc2[nH]c3c(c2c1)CCNC3c1ccccc1F. The van der Waals surface area contributed by atoms with Gasteiger partial charge < -0.3 is 15.0 Å². The molecule has 3 nitrogen and oxygen atoms in total. The third-order valence-corrected chi connectivity index (χ3v) is 4.37. The molecule has 4 heteroatoms. The molecule has 0 radical (unpaired) electrons. The summed E-state index contributed by atoms with van der Waals surface area (Å²) in [5.74, 6) is 0.666. The van der Waals surface area contributed by atoms with E-state index < -0.39 is 0 Å². The molecule has 2 N–H and O–H groups in total. The largest absolute Gasteiger partial charge is 0.497 e. The summed E-state index contributed by atoms with van der Waals surface area (Å²) in [6.07, 6.45) is 0.924. The van der Waals surface area contributed by atoms with Gasteiger partial charge in [0.15, 0.2) is 0 Å². The third-order valence-electron chi connectivity index (χ3n) is 4.37. The first kappa shape index (κ1) is 13.3. The standard InChI is InChI=1S/C18H17FN2O/c1-22-11-6-7-16-14(10-11)12-8-9-20-17(18(12)21-16)13-4-2-3-5-15(13)19/h2-7,10,17,20-21H,8-9H2,1H3. The molecule has 0 spiro atoms. The molecular weight excluding hydrogens is 279 g/mol. The Kier molecular flexibility index (Phi) is 3.12. The molecule has 112 valence electrons. The van der Waals surface area contributed by atoms with Crippen molar-refractivity contribution in [2.75, 3.05) is 13.7 Å². The van der Waals surface area contributed by atoms with Gasteiger partial charge in [0, 0.05) is 28.7 Å². The van der Waals surface area contributed by atoms with Crippen molar-refractivity contribution < 1.29 is 9.13 Å². The minimum atomic E-state index is -0.177. The molecule has 2 heterocycles. The molecule has 3 aromatic rings. The summed E-state index contributed by atoms with van der Waals surface area (Å²) in [4.78, 5) is 3.46. The Labute approximate surface area is 128 Å². The number of hydrogen-bond acceptors (Lipinski definition) is 2. The third kappa shape index (κ3) is 1.99. The van der Waals surface area contributed by atoms with Gasteiger partial charge in [-0.2, -0.15) is 0 Å². The van der Waals surface area contributed by atoms with Gasteiger partial charge in [-0.1, -0.05) is 18.2 Å². The molecule has 1 aliphatic rings. The highest BCUT2D eigenvalue weighted by atomic mass is 19.1. The molecular formula is C18H17FN2O. The van der Waals surface area contributed by atoms with Crippen LogP contribution in [0, 0.1) is 5.82 Å². The molecule has 1 atom stereocenters. The first-order valence-electron chi connectivity index (χ1n) is 7.44. The van der Waals surface area contributed by atoms with Crippen LogP contribution in [0.3, 0.4) is 0 Å². The molecule has 0 saturated heterocycles. The van der Waals surface area contributed by atoms with Crippen molar-refractivity contribution in [1.82, 2.24) is 10.3 Å². The van der Waals surface area contributed by atoms with Crippen LogP contribution in [0.25, 0.3) is 10.9 Å². The fraction of sp³-hybridized carbons (Fsp3) is 0.222. The molecule has 4 rings (SSSR count). The Balaban J connectivity index is 1.90. The number of benzene rings is 2. The lowest BCUT2D eigenvalue weighted by molar-refractivity contribution is 0.415. The van der Waals surface area contributed by atoms with Gasteiger partial charge in [-0.15, -0.1) is 0 Å². The Hall–Kier alpha value is -2.33. The van der Waals surface area contributed by atoms with Gasteiger partial charge in [-0.25, -0.2) is 4.39 Å². The van der Waals surface area contributed by atoms with Crippen LogP contribution in [0.5, 0.6) is 5.75 Å². The van der Waals surface area contributed by atoms with E-state index in [1.54, 1.807) is 13.2 Å². The van der Waals surface area contributed by atoms with Gasteiger partial charge in [0.1, 0.15) is 11.6 Å². The zero-order valence-electron chi connectivity index (χ0n) is 12.3. The molecule has 2 aromatic carbocycles. The van der Waals surface area contributed by atoms with E-state index in [9.17, 15) is 4.39 Å². The summed E-state index contributed by atoms with van der Waals surface area (Å²) >= 11 is 0. The number of halogens is 1. The minimum absolute atomic E-state index is 0.136. The zero-order valence-corrected chi connectivity index (χ0v) is 12.3. The first-order chi connectivity index (χ1) is 10.8. The fourth-order valence-corrected chi connectivity index (χ4v) is 3.31. The highest BCUT2D eigenvalue weighted by Crippen LogP contribution is 2.35. The summed E-state index contributed by atoms with van der Waals surface area (Å²) in [6.45, 7) is 0.830. The minimum Gasteiger partial charge on any atom is -0.497 e. The molecule has 0 fully saturated rings. The van der Waals surface area contributed by atoms with Crippen LogP contribution in [0.4, 0.5) is 4.39 Å². The van der Waals surface area contributed by atoms with E-state index in [1.165, 1.54) is 11.6 Å². The van der Waals surface area contributed by atoms with Crippen LogP contribution < -0.4 is 10.1 Å². The van der Waals surface area contributed by atoms with E-state index in [2.05, 4.69) is 10.3 Å². The Morgan fingerprint density at radius 1 is 1.18 bits per heavy atom. The van der Waals surface area contributed by atoms with Gasteiger partial charge >= 0.3 is 0 Å². The second kappa shape index (κ2) is 5.14. The molecule has 1 unspecified atom stereocenters. The fourth-order valence-electron chi connectivity index (χ4n) is 3.31. The van der Waals surface area contributed by atoms with E-state index >= 15 is 0 Å². The maximum Gasteiger partial charge on any atom is 0.128 e. The smallest absolute Gasteiger partial charge is 0.128 e. The average molecular weight is 296 g/mol. The van der Waals surface area contributed by atoms with Crippen LogP contribution in [0.2, 0.25) is 0 Å². The zero-order chi connectivity index (χ0) is 15.1. The molecule has 1 aliphatic heterocycles. The van der Waals surface area contributed by atoms with E-state index in [0.717, 1.165) is 35.3 Å². The topological polar surface area (TPSA) is 37.0 Å². The van der Waals surface area contributed by atoms with E-state index in [4.69, 9.17) is 4.74 Å². The Bertz CT molecular complexity index is 840. The molecule has 22 heavy (non-hydrogen) atoms. The normalized spacial score (nSPS) is 17.5. The van der Waals surface area contributed by atoms with Crippen molar-refractivity contribution in [3.8, 4) is 5.75 Å². The van der Waals surface area contributed by atoms with Crippen molar-refractivity contribution in [1.29, 1.82) is 0 Å². The van der Waals surface area contributed by atoms with Crippen molar-refractivity contribution >= 4 is 10.9 Å². The quantitative estimate of drug-likeness (QED) is 0.759. The van der Waals surface area contributed by atoms with E-state index in [0.29, 0.717) is 5.56 Å². The summed E-state index contributed by atoms with van der Waals surface area (Å²) in [7, 11) is 1.67. The number of fused-ring (bicyclic) bond motifs is 3. The van der Waals surface area contributed by atoms with Gasteiger partial charge in [-0.3, -0.25) is 0 Å². The van der Waals surface area contributed by atoms with Gasteiger partial charge in [-0.05, 0) is 36.2 Å². The number of aromatic nitrogens is 1. The number of hydrogen-bond donors (Lipinski definition) is 2. The molecule has 0 saturated carbocycles. The number of ether oxygens (including phenoxy) is 1. The summed E-state index contributed by atoms with van der Waals surface area (Å²) < 4.78 is 19.5. The van der Waals surface area contributed by atoms with Crippen LogP contribution in [0.15, 0.2) is 42.5 Å². The van der Waals surface area contributed by atoms with Crippen LogP contribution in [-0.2, 0) is 6.42 Å². The van der Waals surface area contributed by atoms with Crippen LogP contribution >= 0.6 is 0 Å². The Morgan fingerprint density at radius 3 is 2.86 bits per heavy atom. The molecule has 0 amide bonds. The number of aromatic amines is 1. The average Bonchev–Trinajstić information content (AvgIpc) is 2.93. The van der Waals surface area contributed by atoms with Crippen molar-refractivity contribution in [2.24, 2.45) is 0 Å². The van der Waals surface area contributed by atoms with Crippen molar-refractivity contribution in [3.63, 3.8) is 0 Å². The maximum atomic E-state index is 14.2. The summed E-state index contributed by atoms with van der Waals surface area (Å²) in [5, 5.41) is 4.58. The van der Waals surface area contributed by atoms with Gasteiger partial charge in [0.25, 0.3) is 0 Å². The number of nitrogens with one attached hydrogen (secondary N) is 2. The van der Waals surface area contributed by atoms with Crippen molar-refractivity contribution in [3.05, 3.63) is 65.1 Å². The molecule has 1 aromatic heterocycles. The lowest BCUT2D eigenvalue weighted by Gasteiger charge is -2.25. The monoisotopic (exact) mass is 296 g/mol. The highest BCUT2D eigenvalue weighted by Gasteiger charge is 2.26. The van der Waals surface area contributed by atoms with Crippen LogP contribution in [0.1, 0.15) is 22.9 Å². The lowest BCUT2D eigenvalue weighted by atomic mass is 9.94. The Morgan fingerprint density at radius 2 is 2.05 bits per heavy atom. The van der Waals surface area contributed by atoms with E-state index in [-0.39, 0.29) is 11.9 Å². The van der Waals surface area contributed by atoms with Gasteiger partial charge in [0.05, 0.1) is 13.2 Å².